The SMILES string of the molecule is CN(C)CCNC(=O)CC1NC(=O)N(CCc2c[nH]c3ccccc23)C1=O. The van der Waals surface area contributed by atoms with E-state index in [-0.39, 0.29) is 24.8 Å². The second kappa shape index (κ2) is 8.22. The number of benzene rings is 1. The van der Waals surface area contributed by atoms with E-state index in [2.05, 4.69) is 15.6 Å². The Balaban J connectivity index is 1.54. The molecule has 1 fully saturated rings. The van der Waals surface area contributed by atoms with Crippen LogP contribution >= 0.6 is 0 Å². The number of nitrogens with zero attached hydrogens (tertiary/aromatic N) is 2. The van der Waals surface area contributed by atoms with Gasteiger partial charge in [0.25, 0.3) is 5.91 Å². The van der Waals surface area contributed by atoms with E-state index in [1.54, 1.807) is 0 Å². The number of amides is 4. The molecule has 27 heavy (non-hydrogen) atoms. The fraction of sp³-hybridized carbons (Fsp3) is 0.421. The van der Waals surface area contributed by atoms with E-state index in [0.717, 1.165) is 16.5 Å². The Morgan fingerprint density at radius 1 is 1.26 bits per heavy atom. The summed E-state index contributed by atoms with van der Waals surface area (Å²) in [6.07, 6.45) is 2.42. The Hall–Kier alpha value is -2.87. The Morgan fingerprint density at radius 3 is 2.81 bits per heavy atom. The third-order valence-corrected chi connectivity index (χ3v) is 4.66. The van der Waals surface area contributed by atoms with Crippen LogP contribution in [0.1, 0.15) is 12.0 Å². The quantitative estimate of drug-likeness (QED) is 0.595. The number of para-hydroxylation sites is 1. The number of carbonyl (C=O) groups is 3. The molecule has 0 aliphatic carbocycles. The number of urea groups is 1. The maximum atomic E-state index is 12.5. The van der Waals surface area contributed by atoms with Gasteiger partial charge in [-0.3, -0.25) is 14.5 Å². The molecular weight excluding hydrogens is 346 g/mol. The Labute approximate surface area is 157 Å². The van der Waals surface area contributed by atoms with Crippen molar-refractivity contribution in [3.05, 3.63) is 36.0 Å². The minimum Gasteiger partial charge on any atom is -0.361 e. The first-order chi connectivity index (χ1) is 13.0. The number of rotatable bonds is 8. The van der Waals surface area contributed by atoms with Crippen LogP contribution in [-0.2, 0) is 16.0 Å². The molecule has 1 saturated heterocycles. The van der Waals surface area contributed by atoms with Crippen molar-refractivity contribution in [2.45, 2.75) is 18.9 Å². The minimum absolute atomic E-state index is 0.0401. The van der Waals surface area contributed by atoms with Crippen LogP contribution in [0.4, 0.5) is 4.79 Å². The highest BCUT2D eigenvalue weighted by molar-refractivity contribution is 6.05. The first kappa shape index (κ1) is 18.9. The number of H-pyrrole nitrogens is 1. The third kappa shape index (κ3) is 4.46. The molecule has 8 nitrogen and oxygen atoms in total. The number of carbonyl (C=O) groups excluding carboxylic acids is 3. The fourth-order valence-electron chi connectivity index (χ4n) is 3.17. The van der Waals surface area contributed by atoms with Crippen molar-refractivity contribution in [2.75, 3.05) is 33.7 Å². The number of hydrogen-bond acceptors (Lipinski definition) is 4. The van der Waals surface area contributed by atoms with Gasteiger partial charge in [-0.15, -0.1) is 0 Å². The minimum atomic E-state index is -0.792. The third-order valence-electron chi connectivity index (χ3n) is 4.66. The molecule has 0 saturated carbocycles. The van der Waals surface area contributed by atoms with Crippen LogP contribution in [-0.4, -0.2) is 72.4 Å². The van der Waals surface area contributed by atoms with Gasteiger partial charge in [0.15, 0.2) is 0 Å². The van der Waals surface area contributed by atoms with Crippen LogP contribution < -0.4 is 10.6 Å². The van der Waals surface area contributed by atoms with Gasteiger partial charge < -0.3 is 20.5 Å². The largest absolute Gasteiger partial charge is 0.361 e. The summed E-state index contributed by atoms with van der Waals surface area (Å²) < 4.78 is 0. The fourth-order valence-corrected chi connectivity index (χ4v) is 3.17. The number of aromatic nitrogens is 1. The number of imide groups is 1. The lowest BCUT2D eigenvalue weighted by Gasteiger charge is -2.13. The Bertz CT molecular complexity index is 845. The monoisotopic (exact) mass is 371 g/mol. The molecule has 2 aromatic rings. The Morgan fingerprint density at radius 2 is 2.04 bits per heavy atom. The van der Waals surface area contributed by atoms with Crippen molar-refractivity contribution in [3.63, 3.8) is 0 Å². The maximum Gasteiger partial charge on any atom is 0.324 e. The van der Waals surface area contributed by atoms with E-state index < -0.39 is 12.1 Å². The summed E-state index contributed by atoms with van der Waals surface area (Å²) in [5.74, 6) is -0.587. The number of fused-ring (bicyclic) bond motifs is 1. The van der Waals surface area contributed by atoms with Crippen LogP contribution in [0.5, 0.6) is 0 Å². The van der Waals surface area contributed by atoms with Crippen molar-refractivity contribution in [2.24, 2.45) is 0 Å². The van der Waals surface area contributed by atoms with Crippen LogP contribution in [0.2, 0.25) is 0 Å². The van der Waals surface area contributed by atoms with E-state index in [0.29, 0.717) is 19.5 Å². The van der Waals surface area contributed by atoms with E-state index in [1.165, 1.54) is 4.90 Å². The van der Waals surface area contributed by atoms with Gasteiger partial charge in [0, 0.05) is 36.7 Å². The van der Waals surface area contributed by atoms with Crippen LogP contribution in [0, 0.1) is 0 Å². The van der Waals surface area contributed by atoms with Gasteiger partial charge in [-0.25, -0.2) is 4.79 Å². The molecule has 1 aliphatic heterocycles. The summed E-state index contributed by atoms with van der Waals surface area (Å²) in [7, 11) is 3.83. The lowest BCUT2D eigenvalue weighted by atomic mass is 10.1. The summed E-state index contributed by atoms with van der Waals surface area (Å²) in [5.41, 5.74) is 2.08. The average molecular weight is 371 g/mol. The van der Waals surface area contributed by atoms with Gasteiger partial charge in [-0.1, -0.05) is 18.2 Å². The molecule has 3 N–H and O–H groups in total. The molecule has 144 valence electrons. The van der Waals surface area contributed by atoms with Crippen LogP contribution in [0.15, 0.2) is 30.5 Å². The molecule has 1 unspecified atom stereocenters. The van der Waals surface area contributed by atoms with E-state index in [9.17, 15) is 14.4 Å². The number of aromatic amines is 1. The van der Waals surface area contributed by atoms with E-state index in [4.69, 9.17) is 0 Å². The highest BCUT2D eigenvalue weighted by Gasteiger charge is 2.38. The lowest BCUT2D eigenvalue weighted by molar-refractivity contribution is -0.130. The van der Waals surface area contributed by atoms with Gasteiger partial charge in [0.2, 0.25) is 5.91 Å². The lowest BCUT2D eigenvalue weighted by Crippen LogP contribution is -2.38. The zero-order chi connectivity index (χ0) is 19.4. The number of likely N-dealkylation sites (N-methyl/N-ethyl adjacent to an activating group) is 1. The summed E-state index contributed by atoms with van der Waals surface area (Å²) in [6.45, 7) is 1.50. The van der Waals surface area contributed by atoms with Crippen LogP contribution in [0.3, 0.4) is 0 Å². The highest BCUT2D eigenvalue weighted by Crippen LogP contribution is 2.19. The van der Waals surface area contributed by atoms with Crippen molar-refractivity contribution >= 4 is 28.7 Å². The predicted molar refractivity (Wildman–Crippen MR) is 102 cm³/mol. The summed E-state index contributed by atoms with van der Waals surface area (Å²) in [6, 6.07) is 6.67. The Kier molecular flexibility index (Phi) is 5.75. The predicted octanol–water partition coefficient (Wildman–Crippen LogP) is 0.699. The van der Waals surface area contributed by atoms with Crippen molar-refractivity contribution in [1.29, 1.82) is 0 Å². The van der Waals surface area contributed by atoms with Crippen molar-refractivity contribution in [3.8, 4) is 0 Å². The molecule has 0 radical (unpaired) electrons. The summed E-state index contributed by atoms with van der Waals surface area (Å²) in [4.78, 5) is 43.0. The molecular formula is C19H25N5O3. The average Bonchev–Trinajstić information content (AvgIpc) is 3.14. The second-order valence-corrected chi connectivity index (χ2v) is 6.96. The summed E-state index contributed by atoms with van der Waals surface area (Å²) >= 11 is 0. The number of hydrogen-bond donors (Lipinski definition) is 3. The van der Waals surface area contributed by atoms with Crippen LogP contribution in [0.25, 0.3) is 10.9 Å². The van der Waals surface area contributed by atoms with Gasteiger partial charge in [0.05, 0.1) is 6.42 Å². The normalized spacial score (nSPS) is 17.0. The molecule has 2 heterocycles. The molecule has 3 rings (SSSR count). The first-order valence-corrected chi connectivity index (χ1v) is 9.04. The standard InChI is InChI=1S/C19H25N5O3/c1-23(2)10-8-20-17(25)11-16-18(26)24(19(27)22-16)9-7-13-12-21-15-6-4-3-5-14(13)15/h3-6,12,16,21H,7-11H2,1-2H3,(H,20,25)(H,22,27). The van der Waals surface area contributed by atoms with Gasteiger partial charge >= 0.3 is 6.03 Å². The maximum absolute atomic E-state index is 12.5. The van der Waals surface area contributed by atoms with Crippen molar-refractivity contribution < 1.29 is 14.4 Å². The highest BCUT2D eigenvalue weighted by atomic mass is 16.2. The molecule has 0 bridgehead atoms. The second-order valence-electron chi connectivity index (χ2n) is 6.96. The molecule has 0 spiro atoms. The zero-order valence-electron chi connectivity index (χ0n) is 15.6. The molecule has 8 heteroatoms. The van der Waals surface area contributed by atoms with E-state index >= 15 is 0 Å². The molecule has 4 amide bonds. The van der Waals surface area contributed by atoms with Gasteiger partial charge in [-0.2, -0.15) is 0 Å². The molecule has 1 aliphatic rings. The molecule has 1 aromatic carbocycles. The molecule has 1 aromatic heterocycles. The van der Waals surface area contributed by atoms with Gasteiger partial charge in [-0.05, 0) is 32.1 Å². The first-order valence-electron chi connectivity index (χ1n) is 9.04. The topological polar surface area (TPSA) is 97.5 Å². The van der Waals surface area contributed by atoms with Crippen molar-refractivity contribution in [1.82, 2.24) is 25.4 Å². The van der Waals surface area contributed by atoms with E-state index in [1.807, 2.05) is 49.5 Å². The summed E-state index contributed by atoms with van der Waals surface area (Å²) in [5, 5.41) is 6.45. The zero-order valence-corrected chi connectivity index (χ0v) is 15.6. The number of nitrogens with one attached hydrogen (secondary N) is 3. The van der Waals surface area contributed by atoms with Gasteiger partial charge in [0.1, 0.15) is 6.04 Å². The molecule has 1 atom stereocenters. The smallest absolute Gasteiger partial charge is 0.324 e.